The van der Waals surface area contributed by atoms with E-state index in [1.165, 1.54) is 5.57 Å². The van der Waals surface area contributed by atoms with E-state index in [1.807, 2.05) is 6.08 Å². The molecule has 0 aliphatic heterocycles. The van der Waals surface area contributed by atoms with Crippen LogP contribution in [-0.4, -0.2) is 30.1 Å². The lowest BCUT2D eigenvalue weighted by Gasteiger charge is -2.22. The lowest BCUT2D eigenvalue weighted by molar-refractivity contribution is 0.127. The molecule has 0 saturated carbocycles. The molecule has 0 fully saturated rings. The van der Waals surface area contributed by atoms with Crippen molar-refractivity contribution in [3.63, 3.8) is 0 Å². The summed E-state index contributed by atoms with van der Waals surface area (Å²) in [7, 11) is 2.45. The maximum atomic E-state index is 5.35. The molecule has 0 aromatic rings. The van der Waals surface area contributed by atoms with Gasteiger partial charge in [0.15, 0.2) is 0 Å². The van der Waals surface area contributed by atoms with E-state index < -0.39 is 8.80 Å². The van der Waals surface area contributed by atoms with Crippen molar-refractivity contribution in [1.82, 2.24) is 0 Å². The van der Waals surface area contributed by atoms with E-state index in [2.05, 4.69) is 38.7 Å². The highest BCUT2D eigenvalue weighted by atomic mass is 28.4. The second kappa shape index (κ2) is 10.1. The first kappa shape index (κ1) is 18.3. The molecule has 0 bridgehead atoms. The SMILES string of the molecule is C=CC(C)CC=C(C)CC=CC[Si](OC)(OC)OC. The summed E-state index contributed by atoms with van der Waals surface area (Å²) in [6.07, 6.45) is 10.5. The van der Waals surface area contributed by atoms with Crippen molar-refractivity contribution in [2.75, 3.05) is 21.3 Å². The Hall–Kier alpha value is -0.683. The first-order chi connectivity index (χ1) is 9.03. The van der Waals surface area contributed by atoms with Crippen molar-refractivity contribution in [3.05, 3.63) is 36.5 Å². The molecule has 0 aliphatic carbocycles. The van der Waals surface area contributed by atoms with Crippen molar-refractivity contribution in [2.24, 2.45) is 5.92 Å². The summed E-state index contributed by atoms with van der Waals surface area (Å²) in [5.74, 6) is 0.537. The van der Waals surface area contributed by atoms with E-state index >= 15 is 0 Å². The molecular weight excluding hydrogens is 256 g/mol. The van der Waals surface area contributed by atoms with E-state index in [-0.39, 0.29) is 0 Å². The predicted molar refractivity (Wildman–Crippen MR) is 83.1 cm³/mol. The lowest BCUT2D eigenvalue weighted by Crippen LogP contribution is -2.42. The summed E-state index contributed by atoms with van der Waals surface area (Å²) in [4.78, 5) is 0. The van der Waals surface area contributed by atoms with Gasteiger partial charge in [-0.25, -0.2) is 0 Å². The number of allylic oxidation sites excluding steroid dienone is 5. The monoisotopic (exact) mass is 284 g/mol. The molecule has 4 heteroatoms. The highest BCUT2D eigenvalue weighted by Gasteiger charge is 2.35. The zero-order chi connectivity index (χ0) is 14.7. The Morgan fingerprint density at radius 2 is 1.74 bits per heavy atom. The highest BCUT2D eigenvalue weighted by Crippen LogP contribution is 2.14. The number of hydrogen-bond donors (Lipinski definition) is 0. The van der Waals surface area contributed by atoms with Gasteiger partial charge < -0.3 is 13.3 Å². The van der Waals surface area contributed by atoms with Gasteiger partial charge in [0.05, 0.1) is 0 Å². The van der Waals surface area contributed by atoms with Crippen LogP contribution >= 0.6 is 0 Å². The molecule has 0 heterocycles. The van der Waals surface area contributed by atoms with Crippen molar-refractivity contribution in [3.8, 4) is 0 Å². The van der Waals surface area contributed by atoms with E-state index in [9.17, 15) is 0 Å². The van der Waals surface area contributed by atoms with Crippen LogP contribution in [0.15, 0.2) is 36.5 Å². The van der Waals surface area contributed by atoms with Gasteiger partial charge in [-0.2, -0.15) is 0 Å². The van der Waals surface area contributed by atoms with E-state index in [0.29, 0.717) is 12.0 Å². The minimum Gasteiger partial charge on any atom is -0.377 e. The maximum absolute atomic E-state index is 5.35. The molecule has 3 nitrogen and oxygen atoms in total. The van der Waals surface area contributed by atoms with E-state index in [0.717, 1.165) is 12.8 Å². The molecule has 19 heavy (non-hydrogen) atoms. The lowest BCUT2D eigenvalue weighted by atomic mass is 10.1. The van der Waals surface area contributed by atoms with Crippen LogP contribution in [-0.2, 0) is 13.3 Å². The Bertz CT molecular complexity index is 298. The summed E-state index contributed by atoms with van der Waals surface area (Å²) < 4.78 is 16.1. The van der Waals surface area contributed by atoms with Crippen LogP contribution in [0.3, 0.4) is 0 Å². The standard InChI is InChI=1S/C15H28O3Si/c1-7-14(2)11-12-15(3)10-8-9-13-19(16-4,17-5)18-6/h7-9,12,14H,1,10-11,13H2,2-6H3. The molecule has 1 atom stereocenters. The molecular formula is C15H28O3Si. The maximum Gasteiger partial charge on any atom is 0.504 e. The summed E-state index contributed by atoms with van der Waals surface area (Å²) in [6, 6.07) is 0.701. The van der Waals surface area contributed by atoms with Crippen LogP contribution in [0.1, 0.15) is 26.7 Å². The summed E-state index contributed by atoms with van der Waals surface area (Å²) in [5, 5.41) is 0. The summed E-state index contributed by atoms with van der Waals surface area (Å²) in [6.45, 7) is 8.10. The summed E-state index contributed by atoms with van der Waals surface area (Å²) in [5.41, 5.74) is 1.37. The fourth-order valence-electron chi connectivity index (χ4n) is 1.56. The Morgan fingerprint density at radius 1 is 1.16 bits per heavy atom. The smallest absolute Gasteiger partial charge is 0.377 e. The molecule has 0 spiro atoms. The molecule has 0 aromatic heterocycles. The predicted octanol–water partition coefficient (Wildman–Crippen LogP) is 3.97. The third-order valence-corrected chi connectivity index (χ3v) is 5.75. The minimum atomic E-state index is -2.45. The van der Waals surface area contributed by atoms with Crippen LogP contribution in [0.25, 0.3) is 0 Å². The molecule has 0 aromatic carbocycles. The molecule has 0 aliphatic rings. The molecule has 0 amide bonds. The van der Waals surface area contributed by atoms with Crippen molar-refractivity contribution in [1.29, 1.82) is 0 Å². The fourth-order valence-corrected chi connectivity index (χ4v) is 3.02. The second-order valence-electron chi connectivity index (χ2n) is 4.67. The van der Waals surface area contributed by atoms with Crippen LogP contribution in [0, 0.1) is 5.92 Å². The van der Waals surface area contributed by atoms with E-state index in [1.54, 1.807) is 21.3 Å². The highest BCUT2D eigenvalue weighted by molar-refractivity contribution is 6.61. The molecule has 110 valence electrons. The zero-order valence-electron chi connectivity index (χ0n) is 12.9. The van der Waals surface area contributed by atoms with Gasteiger partial charge in [0, 0.05) is 27.4 Å². The Kier molecular flexibility index (Phi) is 9.78. The Labute approximate surface area is 119 Å². The van der Waals surface area contributed by atoms with Crippen molar-refractivity contribution >= 4 is 8.80 Å². The third-order valence-electron chi connectivity index (χ3n) is 3.15. The van der Waals surface area contributed by atoms with E-state index in [4.69, 9.17) is 13.3 Å². The molecule has 0 saturated heterocycles. The quantitative estimate of drug-likeness (QED) is 0.449. The first-order valence-electron chi connectivity index (χ1n) is 6.62. The van der Waals surface area contributed by atoms with Gasteiger partial charge in [0.1, 0.15) is 0 Å². The van der Waals surface area contributed by atoms with Gasteiger partial charge in [0.25, 0.3) is 0 Å². The third kappa shape index (κ3) is 7.47. The Balaban J connectivity index is 4.18. The zero-order valence-corrected chi connectivity index (χ0v) is 13.9. The van der Waals surface area contributed by atoms with Gasteiger partial charge in [-0.3, -0.25) is 0 Å². The number of rotatable bonds is 10. The van der Waals surface area contributed by atoms with Crippen LogP contribution in [0.2, 0.25) is 6.04 Å². The van der Waals surface area contributed by atoms with Gasteiger partial charge >= 0.3 is 8.80 Å². The number of hydrogen-bond acceptors (Lipinski definition) is 3. The average Bonchev–Trinajstić information content (AvgIpc) is 2.45. The van der Waals surface area contributed by atoms with Crippen LogP contribution in [0.4, 0.5) is 0 Å². The van der Waals surface area contributed by atoms with Crippen LogP contribution < -0.4 is 0 Å². The topological polar surface area (TPSA) is 27.7 Å². The Morgan fingerprint density at radius 3 is 2.21 bits per heavy atom. The van der Waals surface area contributed by atoms with Crippen molar-refractivity contribution < 1.29 is 13.3 Å². The molecule has 0 rings (SSSR count). The fraction of sp³-hybridized carbons (Fsp3) is 0.600. The van der Waals surface area contributed by atoms with Crippen molar-refractivity contribution in [2.45, 2.75) is 32.7 Å². The van der Waals surface area contributed by atoms with Gasteiger partial charge in [-0.1, -0.05) is 36.8 Å². The molecule has 0 N–H and O–H groups in total. The van der Waals surface area contributed by atoms with Gasteiger partial charge in [-0.05, 0) is 25.7 Å². The van der Waals surface area contributed by atoms with Crippen LogP contribution in [0.5, 0.6) is 0 Å². The average molecular weight is 284 g/mol. The molecule has 1 unspecified atom stereocenters. The first-order valence-corrected chi connectivity index (χ1v) is 8.55. The minimum absolute atomic E-state index is 0.537. The second-order valence-corrected chi connectivity index (χ2v) is 7.67. The largest absolute Gasteiger partial charge is 0.504 e. The van der Waals surface area contributed by atoms with Gasteiger partial charge in [0.2, 0.25) is 0 Å². The normalized spacial score (nSPS) is 14.9. The van der Waals surface area contributed by atoms with Gasteiger partial charge in [-0.15, -0.1) is 6.58 Å². The molecule has 0 radical (unpaired) electrons. The summed E-state index contributed by atoms with van der Waals surface area (Å²) >= 11 is 0.